The standard InChI is InChI=1S/C14H20O2S/c1-2-17-13-7-5-11(6-8-13)14(15)12-4-3-9-16-10-12/h5-8,12,14-15H,2-4,9-10H2,1H3. The van der Waals surface area contributed by atoms with Crippen molar-refractivity contribution in [2.45, 2.75) is 30.8 Å². The summed E-state index contributed by atoms with van der Waals surface area (Å²) in [4.78, 5) is 1.27. The summed E-state index contributed by atoms with van der Waals surface area (Å²) in [6.07, 6.45) is 1.74. The van der Waals surface area contributed by atoms with Crippen LogP contribution in [-0.4, -0.2) is 24.1 Å². The summed E-state index contributed by atoms with van der Waals surface area (Å²) < 4.78 is 5.42. The summed E-state index contributed by atoms with van der Waals surface area (Å²) >= 11 is 1.82. The molecule has 1 aliphatic heterocycles. The van der Waals surface area contributed by atoms with Crippen LogP contribution in [0.5, 0.6) is 0 Å². The second-order valence-corrected chi connectivity index (χ2v) is 5.76. The first-order valence-corrected chi connectivity index (χ1v) is 7.28. The fourth-order valence-corrected chi connectivity index (χ4v) is 2.88. The van der Waals surface area contributed by atoms with Gasteiger partial charge < -0.3 is 9.84 Å². The Morgan fingerprint density at radius 2 is 2.18 bits per heavy atom. The predicted molar refractivity (Wildman–Crippen MR) is 71.3 cm³/mol. The maximum Gasteiger partial charge on any atom is 0.0840 e. The van der Waals surface area contributed by atoms with E-state index in [1.807, 2.05) is 23.9 Å². The van der Waals surface area contributed by atoms with Gasteiger partial charge in [0, 0.05) is 17.4 Å². The van der Waals surface area contributed by atoms with Crippen LogP contribution < -0.4 is 0 Å². The van der Waals surface area contributed by atoms with Gasteiger partial charge in [-0.05, 0) is 36.3 Å². The van der Waals surface area contributed by atoms with Crippen molar-refractivity contribution in [3.63, 3.8) is 0 Å². The molecule has 17 heavy (non-hydrogen) atoms. The highest BCUT2D eigenvalue weighted by atomic mass is 32.2. The molecule has 1 N–H and O–H groups in total. The summed E-state index contributed by atoms with van der Waals surface area (Å²) in [6, 6.07) is 8.27. The lowest BCUT2D eigenvalue weighted by atomic mass is 9.91. The van der Waals surface area contributed by atoms with Gasteiger partial charge in [-0.1, -0.05) is 19.1 Å². The molecule has 94 valence electrons. The van der Waals surface area contributed by atoms with Crippen molar-refractivity contribution in [2.24, 2.45) is 5.92 Å². The average Bonchev–Trinajstić information content (AvgIpc) is 2.40. The lowest BCUT2D eigenvalue weighted by Crippen LogP contribution is -2.23. The van der Waals surface area contributed by atoms with E-state index in [9.17, 15) is 5.11 Å². The molecule has 0 aliphatic carbocycles. The quantitative estimate of drug-likeness (QED) is 0.834. The number of ether oxygens (including phenoxy) is 1. The van der Waals surface area contributed by atoms with Gasteiger partial charge in [-0.3, -0.25) is 0 Å². The van der Waals surface area contributed by atoms with Crippen LogP contribution >= 0.6 is 11.8 Å². The van der Waals surface area contributed by atoms with Crippen LogP contribution in [0.2, 0.25) is 0 Å². The van der Waals surface area contributed by atoms with E-state index in [-0.39, 0.29) is 12.0 Å². The average molecular weight is 252 g/mol. The number of hydrogen-bond donors (Lipinski definition) is 1. The molecule has 0 aromatic heterocycles. The Balaban J connectivity index is 2.00. The molecule has 2 nitrogen and oxygen atoms in total. The fourth-order valence-electron chi connectivity index (χ4n) is 2.21. The highest BCUT2D eigenvalue weighted by Crippen LogP contribution is 2.29. The van der Waals surface area contributed by atoms with E-state index in [1.165, 1.54) is 4.90 Å². The van der Waals surface area contributed by atoms with E-state index < -0.39 is 0 Å². The number of aliphatic hydroxyl groups is 1. The molecule has 1 heterocycles. The van der Waals surface area contributed by atoms with Crippen LogP contribution in [-0.2, 0) is 4.74 Å². The summed E-state index contributed by atoms with van der Waals surface area (Å²) in [6.45, 7) is 3.68. The van der Waals surface area contributed by atoms with Gasteiger partial charge in [-0.2, -0.15) is 0 Å². The summed E-state index contributed by atoms with van der Waals surface area (Å²) in [5, 5.41) is 10.3. The van der Waals surface area contributed by atoms with Crippen molar-refractivity contribution in [3.8, 4) is 0 Å². The molecule has 0 bridgehead atoms. The minimum atomic E-state index is -0.379. The molecule has 1 aliphatic rings. The van der Waals surface area contributed by atoms with Gasteiger partial charge >= 0.3 is 0 Å². The van der Waals surface area contributed by atoms with Crippen LogP contribution in [0.15, 0.2) is 29.2 Å². The van der Waals surface area contributed by atoms with Gasteiger partial charge in [0.25, 0.3) is 0 Å². The minimum Gasteiger partial charge on any atom is -0.388 e. The topological polar surface area (TPSA) is 29.5 Å². The van der Waals surface area contributed by atoms with Crippen molar-refractivity contribution in [1.82, 2.24) is 0 Å². The largest absolute Gasteiger partial charge is 0.388 e. The van der Waals surface area contributed by atoms with E-state index in [2.05, 4.69) is 19.1 Å². The molecule has 0 amide bonds. The predicted octanol–water partition coefficient (Wildman–Crippen LogP) is 3.26. The minimum absolute atomic E-state index is 0.258. The first-order valence-electron chi connectivity index (χ1n) is 6.30. The Morgan fingerprint density at radius 3 is 2.76 bits per heavy atom. The van der Waals surface area contributed by atoms with E-state index in [1.54, 1.807) is 0 Å². The lowest BCUT2D eigenvalue weighted by Gasteiger charge is -2.27. The Kier molecular flexibility index (Phi) is 4.89. The molecule has 1 aromatic rings. The van der Waals surface area contributed by atoms with E-state index in [4.69, 9.17) is 4.74 Å². The van der Waals surface area contributed by atoms with Gasteiger partial charge in [-0.15, -0.1) is 11.8 Å². The molecule has 1 saturated heterocycles. The van der Waals surface area contributed by atoms with Crippen molar-refractivity contribution in [3.05, 3.63) is 29.8 Å². The van der Waals surface area contributed by atoms with Gasteiger partial charge in [0.05, 0.1) is 12.7 Å². The number of rotatable bonds is 4. The Labute approximate surface area is 107 Å². The van der Waals surface area contributed by atoms with Gasteiger partial charge in [0.15, 0.2) is 0 Å². The summed E-state index contributed by atoms with van der Waals surface area (Å²) in [7, 11) is 0. The first-order chi connectivity index (χ1) is 8.31. The zero-order valence-electron chi connectivity index (χ0n) is 10.3. The number of hydrogen-bond acceptors (Lipinski definition) is 3. The van der Waals surface area contributed by atoms with E-state index in [0.717, 1.165) is 30.8 Å². The Bertz CT molecular complexity index is 331. The molecule has 3 heteroatoms. The summed E-state index contributed by atoms with van der Waals surface area (Å²) in [5.74, 6) is 1.34. The summed E-state index contributed by atoms with van der Waals surface area (Å²) in [5.41, 5.74) is 1.01. The van der Waals surface area contributed by atoms with Crippen LogP contribution in [0, 0.1) is 5.92 Å². The lowest BCUT2D eigenvalue weighted by molar-refractivity contribution is -0.00998. The number of benzene rings is 1. The zero-order valence-corrected chi connectivity index (χ0v) is 11.1. The molecular weight excluding hydrogens is 232 g/mol. The molecule has 0 saturated carbocycles. The van der Waals surface area contributed by atoms with Crippen LogP contribution in [0.25, 0.3) is 0 Å². The Morgan fingerprint density at radius 1 is 1.41 bits per heavy atom. The second-order valence-electron chi connectivity index (χ2n) is 4.42. The third-order valence-corrected chi connectivity index (χ3v) is 4.07. The van der Waals surface area contributed by atoms with Crippen LogP contribution in [0.1, 0.15) is 31.4 Å². The third-order valence-electron chi connectivity index (χ3n) is 3.17. The van der Waals surface area contributed by atoms with Gasteiger partial charge in [0.2, 0.25) is 0 Å². The molecule has 2 atom stereocenters. The van der Waals surface area contributed by atoms with Gasteiger partial charge in [0.1, 0.15) is 0 Å². The molecule has 1 aromatic carbocycles. The van der Waals surface area contributed by atoms with Crippen molar-refractivity contribution in [2.75, 3.05) is 19.0 Å². The first kappa shape index (κ1) is 12.9. The van der Waals surface area contributed by atoms with Crippen molar-refractivity contribution in [1.29, 1.82) is 0 Å². The number of aliphatic hydroxyl groups excluding tert-OH is 1. The maximum absolute atomic E-state index is 10.3. The normalized spacial score (nSPS) is 22.4. The van der Waals surface area contributed by atoms with Gasteiger partial charge in [-0.25, -0.2) is 0 Å². The molecule has 2 rings (SSSR count). The maximum atomic E-state index is 10.3. The molecule has 0 spiro atoms. The number of thioether (sulfide) groups is 1. The molecule has 1 fully saturated rings. The van der Waals surface area contributed by atoms with Crippen LogP contribution in [0.4, 0.5) is 0 Å². The smallest absolute Gasteiger partial charge is 0.0840 e. The van der Waals surface area contributed by atoms with E-state index >= 15 is 0 Å². The SMILES string of the molecule is CCSc1ccc(C(O)C2CCCOC2)cc1. The Hall–Kier alpha value is -0.510. The zero-order chi connectivity index (χ0) is 12.1. The fraction of sp³-hybridized carbons (Fsp3) is 0.571. The van der Waals surface area contributed by atoms with Crippen molar-refractivity contribution >= 4 is 11.8 Å². The highest BCUT2D eigenvalue weighted by molar-refractivity contribution is 7.99. The monoisotopic (exact) mass is 252 g/mol. The molecule has 2 unspecified atom stereocenters. The highest BCUT2D eigenvalue weighted by Gasteiger charge is 2.23. The third kappa shape index (κ3) is 3.47. The van der Waals surface area contributed by atoms with Crippen LogP contribution in [0.3, 0.4) is 0 Å². The molecular formula is C14H20O2S. The molecule has 0 radical (unpaired) electrons. The van der Waals surface area contributed by atoms with E-state index in [0.29, 0.717) is 6.61 Å². The second kappa shape index (κ2) is 6.43. The van der Waals surface area contributed by atoms with Crippen molar-refractivity contribution < 1.29 is 9.84 Å².